The van der Waals surface area contributed by atoms with E-state index in [0.717, 1.165) is 9.13 Å². The zero-order valence-electron chi connectivity index (χ0n) is 11.6. The third kappa shape index (κ3) is 3.29. The second-order valence-corrected chi connectivity index (χ2v) is 5.82. The number of hydrogen-bond acceptors (Lipinski definition) is 5. The first kappa shape index (κ1) is 15.3. The van der Waals surface area contributed by atoms with Crippen LogP contribution in [-0.2, 0) is 9.53 Å². The Kier molecular flexibility index (Phi) is 4.20. The number of carbonyl (C=O) groups is 1. The molecule has 0 N–H and O–H groups in total. The third-order valence-electron chi connectivity index (χ3n) is 3.14. The van der Waals surface area contributed by atoms with E-state index in [9.17, 15) is 14.9 Å². The largest absolute Gasteiger partial charge is 0.402 e. The van der Waals surface area contributed by atoms with Crippen molar-refractivity contribution in [3.05, 3.63) is 79.0 Å². The summed E-state index contributed by atoms with van der Waals surface area (Å²) in [5.41, 5.74) is 1.54. The van der Waals surface area contributed by atoms with E-state index in [-0.39, 0.29) is 17.3 Å². The van der Waals surface area contributed by atoms with Gasteiger partial charge in [-0.05, 0) is 52.4 Å². The number of nitro benzene ring substituents is 1. The van der Waals surface area contributed by atoms with Crippen molar-refractivity contribution in [3.8, 4) is 0 Å². The summed E-state index contributed by atoms with van der Waals surface area (Å²) < 4.78 is 6.13. The summed E-state index contributed by atoms with van der Waals surface area (Å²) in [5, 5.41) is 10.7. The van der Waals surface area contributed by atoms with Gasteiger partial charge in [-0.1, -0.05) is 18.2 Å². The molecule has 0 unspecified atom stereocenters. The molecule has 1 aliphatic rings. The number of aliphatic imine (C=N–C) groups is 1. The summed E-state index contributed by atoms with van der Waals surface area (Å²) in [4.78, 5) is 26.3. The number of hydrogen-bond donors (Lipinski definition) is 0. The van der Waals surface area contributed by atoms with Crippen LogP contribution in [0, 0.1) is 13.7 Å². The Balaban J connectivity index is 1.92. The lowest BCUT2D eigenvalue weighted by Crippen LogP contribution is -2.05. The Morgan fingerprint density at radius 2 is 1.83 bits per heavy atom. The standard InChI is InChI=1S/C16H9IN2O4/c17-13-4-2-1-3-11(13)9-14-16(20)23-15(18-14)10-5-7-12(8-6-10)19(21)22/h1-9H/b14-9-. The fraction of sp³-hybridized carbons (Fsp3) is 0. The number of ether oxygens (including phenoxy) is 1. The minimum absolute atomic E-state index is 0.0340. The zero-order chi connectivity index (χ0) is 16.4. The molecule has 1 heterocycles. The van der Waals surface area contributed by atoms with Crippen LogP contribution in [-0.4, -0.2) is 16.8 Å². The lowest BCUT2D eigenvalue weighted by Gasteiger charge is -1.98. The van der Waals surface area contributed by atoms with Crippen LogP contribution >= 0.6 is 22.6 Å². The molecule has 0 saturated heterocycles. The van der Waals surface area contributed by atoms with E-state index in [1.165, 1.54) is 24.3 Å². The van der Waals surface area contributed by atoms with E-state index in [2.05, 4.69) is 27.6 Å². The highest BCUT2D eigenvalue weighted by molar-refractivity contribution is 14.1. The minimum Gasteiger partial charge on any atom is -0.402 e. The molecule has 0 amide bonds. The molecule has 0 atom stereocenters. The molecule has 3 rings (SSSR count). The van der Waals surface area contributed by atoms with Crippen molar-refractivity contribution in [2.45, 2.75) is 0 Å². The molecule has 0 bridgehead atoms. The van der Waals surface area contributed by atoms with Crippen LogP contribution in [0.2, 0.25) is 0 Å². The van der Waals surface area contributed by atoms with Gasteiger partial charge in [-0.15, -0.1) is 0 Å². The summed E-state index contributed by atoms with van der Waals surface area (Å²) in [6.07, 6.45) is 1.66. The van der Waals surface area contributed by atoms with E-state index in [1.807, 2.05) is 24.3 Å². The van der Waals surface area contributed by atoms with Crippen LogP contribution in [0.25, 0.3) is 6.08 Å². The molecule has 0 spiro atoms. The quantitative estimate of drug-likeness (QED) is 0.250. The summed E-state index contributed by atoms with van der Waals surface area (Å²) >= 11 is 2.17. The van der Waals surface area contributed by atoms with Gasteiger partial charge < -0.3 is 4.74 Å². The second kappa shape index (κ2) is 6.29. The third-order valence-corrected chi connectivity index (χ3v) is 4.13. The number of rotatable bonds is 3. The number of benzene rings is 2. The Labute approximate surface area is 144 Å². The van der Waals surface area contributed by atoms with Gasteiger partial charge in [0.05, 0.1) is 4.92 Å². The summed E-state index contributed by atoms with van der Waals surface area (Å²) in [7, 11) is 0. The topological polar surface area (TPSA) is 81.8 Å². The molecule has 0 aromatic heterocycles. The van der Waals surface area contributed by atoms with Gasteiger partial charge in [0.25, 0.3) is 5.69 Å². The van der Waals surface area contributed by atoms with E-state index < -0.39 is 10.9 Å². The van der Waals surface area contributed by atoms with Crippen LogP contribution in [0.4, 0.5) is 5.69 Å². The summed E-state index contributed by atoms with van der Waals surface area (Å²) in [5.74, 6) is -0.403. The van der Waals surface area contributed by atoms with Gasteiger partial charge in [-0.3, -0.25) is 10.1 Å². The van der Waals surface area contributed by atoms with Crippen LogP contribution in [0.1, 0.15) is 11.1 Å². The highest BCUT2D eigenvalue weighted by Crippen LogP contribution is 2.22. The molecule has 0 aliphatic carbocycles. The molecule has 2 aromatic rings. The smallest absolute Gasteiger partial charge is 0.363 e. The number of nitrogens with zero attached hydrogens (tertiary/aromatic N) is 2. The molecule has 0 fully saturated rings. The number of cyclic esters (lactones) is 1. The van der Waals surface area contributed by atoms with Gasteiger partial charge in [0, 0.05) is 21.3 Å². The van der Waals surface area contributed by atoms with Crippen LogP contribution < -0.4 is 0 Å². The van der Waals surface area contributed by atoms with Crippen molar-refractivity contribution < 1.29 is 14.5 Å². The van der Waals surface area contributed by atoms with E-state index in [0.29, 0.717) is 5.56 Å². The first-order valence-electron chi connectivity index (χ1n) is 6.56. The summed E-state index contributed by atoms with van der Waals surface area (Å²) in [6.45, 7) is 0. The maximum Gasteiger partial charge on any atom is 0.363 e. The lowest BCUT2D eigenvalue weighted by atomic mass is 10.2. The zero-order valence-corrected chi connectivity index (χ0v) is 13.8. The van der Waals surface area contributed by atoms with Crippen LogP contribution in [0.3, 0.4) is 0 Å². The number of non-ortho nitro benzene ring substituents is 1. The monoisotopic (exact) mass is 420 g/mol. The number of halogens is 1. The van der Waals surface area contributed by atoms with Crippen molar-refractivity contribution in [1.82, 2.24) is 0 Å². The molecule has 23 heavy (non-hydrogen) atoms. The predicted octanol–water partition coefficient (Wildman–Crippen LogP) is 3.54. The summed E-state index contributed by atoms with van der Waals surface area (Å²) in [6, 6.07) is 13.3. The van der Waals surface area contributed by atoms with Crippen molar-refractivity contribution in [3.63, 3.8) is 0 Å². The lowest BCUT2D eigenvalue weighted by molar-refractivity contribution is -0.384. The Morgan fingerprint density at radius 1 is 1.13 bits per heavy atom. The van der Waals surface area contributed by atoms with Gasteiger partial charge in [0.1, 0.15) is 0 Å². The fourth-order valence-corrected chi connectivity index (χ4v) is 2.54. The number of esters is 1. The molecule has 0 saturated carbocycles. The van der Waals surface area contributed by atoms with E-state index >= 15 is 0 Å². The van der Waals surface area contributed by atoms with Gasteiger partial charge in [0.15, 0.2) is 5.70 Å². The van der Waals surface area contributed by atoms with Gasteiger partial charge >= 0.3 is 5.97 Å². The molecule has 6 nitrogen and oxygen atoms in total. The predicted molar refractivity (Wildman–Crippen MR) is 92.9 cm³/mol. The van der Waals surface area contributed by atoms with Gasteiger partial charge in [0.2, 0.25) is 5.90 Å². The molecule has 7 heteroatoms. The van der Waals surface area contributed by atoms with Gasteiger partial charge in [-0.2, -0.15) is 0 Å². The highest BCUT2D eigenvalue weighted by atomic mass is 127. The Hall–Kier alpha value is -2.55. The Bertz CT molecular complexity index is 857. The normalized spacial score (nSPS) is 15.4. The first-order valence-corrected chi connectivity index (χ1v) is 7.64. The maximum absolute atomic E-state index is 11.9. The SMILES string of the molecule is O=C1OC(c2ccc([N+](=O)[O-])cc2)=N/C1=C\c1ccccc1I. The maximum atomic E-state index is 11.9. The molecule has 114 valence electrons. The highest BCUT2D eigenvalue weighted by Gasteiger charge is 2.24. The molecule has 2 aromatic carbocycles. The average Bonchev–Trinajstić information content (AvgIpc) is 2.91. The second-order valence-electron chi connectivity index (χ2n) is 4.66. The first-order chi connectivity index (χ1) is 11.0. The average molecular weight is 420 g/mol. The minimum atomic E-state index is -0.544. The molecule has 1 aliphatic heterocycles. The van der Waals surface area contributed by atoms with Gasteiger partial charge in [-0.25, -0.2) is 9.79 Å². The molecular formula is C16H9IN2O4. The van der Waals surface area contributed by atoms with Crippen molar-refractivity contribution in [1.29, 1.82) is 0 Å². The van der Waals surface area contributed by atoms with Crippen molar-refractivity contribution in [2.24, 2.45) is 4.99 Å². The Morgan fingerprint density at radius 3 is 2.48 bits per heavy atom. The van der Waals surface area contributed by atoms with E-state index in [4.69, 9.17) is 4.74 Å². The van der Waals surface area contributed by atoms with Crippen molar-refractivity contribution >= 4 is 46.2 Å². The van der Waals surface area contributed by atoms with Crippen LogP contribution in [0.15, 0.2) is 59.2 Å². The van der Waals surface area contributed by atoms with E-state index in [1.54, 1.807) is 6.08 Å². The fourth-order valence-electron chi connectivity index (χ4n) is 2.00. The number of carbonyl (C=O) groups excluding carboxylic acids is 1. The van der Waals surface area contributed by atoms with Crippen LogP contribution in [0.5, 0.6) is 0 Å². The number of nitro groups is 1. The van der Waals surface area contributed by atoms with Crippen molar-refractivity contribution in [2.75, 3.05) is 0 Å². The molecule has 0 radical (unpaired) electrons. The molecular weight excluding hydrogens is 411 g/mol.